The molecular weight excluding hydrogens is 905 g/mol. The Morgan fingerprint density at radius 3 is 1.85 bits per heavy atom. The van der Waals surface area contributed by atoms with Crippen molar-refractivity contribution in [2.75, 3.05) is 89.7 Å². The summed E-state index contributed by atoms with van der Waals surface area (Å²) in [5, 5.41) is 36.1. The Morgan fingerprint density at radius 1 is 0.667 bits per heavy atom. The molecule has 6 N–H and O–H groups in total. The molecule has 0 bridgehead atoms. The second-order valence-electron chi connectivity index (χ2n) is 15.3. The number of anilines is 9. The Balaban J connectivity index is 0.000000197. The lowest BCUT2D eigenvalue weighted by Crippen LogP contribution is -2.37. The third-order valence-corrected chi connectivity index (χ3v) is 11.1. The number of morpholine rings is 1. The minimum atomic E-state index is -0.352. The molecule has 0 aliphatic carbocycles. The molecule has 0 unspecified atom stereocenters. The Kier molecular flexibility index (Phi) is 16.6. The Morgan fingerprint density at radius 2 is 1.24 bits per heavy atom. The number of hydrogen-bond donors (Lipinski definition) is 6. The number of aromatic hydroxyl groups is 1. The average Bonchev–Trinajstić information content (AvgIpc) is 3.33. The third kappa shape index (κ3) is 13.5. The van der Waals surface area contributed by atoms with Gasteiger partial charge in [-0.05, 0) is 98.0 Å². The number of nitrogens with one attached hydrogen (secondary N) is 4. The van der Waals surface area contributed by atoms with Crippen LogP contribution in [-0.4, -0.2) is 106 Å². The maximum atomic E-state index is 10.3. The van der Waals surface area contributed by atoms with Gasteiger partial charge in [0.1, 0.15) is 5.75 Å². The molecule has 2 saturated heterocycles. The van der Waals surface area contributed by atoms with Crippen LogP contribution >= 0.6 is 34.8 Å². The van der Waals surface area contributed by atoms with Crippen molar-refractivity contribution in [3.05, 3.63) is 116 Å². The van der Waals surface area contributed by atoms with Gasteiger partial charge < -0.3 is 40.3 Å². The zero-order valence-electron chi connectivity index (χ0n) is 36.6. The van der Waals surface area contributed by atoms with E-state index in [2.05, 4.69) is 71.4 Å². The quantitative estimate of drug-likeness (QED) is 0.0447. The Labute approximate surface area is 397 Å². The zero-order chi connectivity index (χ0) is 46.4. The van der Waals surface area contributed by atoms with Crippen LogP contribution in [0.4, 0.5) is 52.8 Å². The lowest BCUT2D eigenvalue weighted by Gasteiger charge is -2.27. The minimum absolute atomic E-state index is 0.110. The number of piperidine rings is 1. The number of ether oxygens (including phenoxy) is 1. The van der Waals surface area contributed by atoms with E-state index in [4.69, 9.17) is 39.5 Å². The number of hydrogen-bond acceptors (Lipinski definition) is 18. The largest absolute Gasteiger partial charge is 0.507 e. The first-order valence-corrected chi connectivity index (χ1v) is 22.3. The highest BCUT2D eigenvalue weighted by Crippen LogP contribution is 2.27. The van der Waals surface area contributed by atoms with Gasteiger partial charge in [-0.2, -0.15) is 40.1 Å². The van der Waals surface area contributed by atoms with Gasteiger partial charge in [-0.3, -0.25) is 0 Å². The van der Waals surface area contributed by atoms with Gasteiger partial charge in [0.05, 0.1) is 32.2 Å². The van der Waals surface area contributed by atoms with E-state index in [1.165, 1.54) is 24.8 Å². The second kappa shape index (κ2) is 23.1. The van der Waals surface area contributed by atoms with Crippen molar-refractivity contribution in [1.82, 2.24) is 29.9 Å². The van der Waals surface area contributed by atoms with Crippen LogP contribution < -0.4 is 36.2 Å². The van der Waals surface area contributed by atoms with Crippen LogP contribution in [0.15, 0.2) is 89.1 Å². The first-order chi connectivity index (χ1) is 32.0. The first-order valence-electron chi connectivity index (χ1n) is 21.1. The Hall–Kier alpha value is -6.57. The fourth-order valence-electron chi connectivity index (χ4n) is 6.62. The van der Waals surface area contributed by atoms with Crippen LogP contribution in [0.2, 0.25) is 15.1 Å². The summed E-state index contributed by atoms with van der Waals surface area (Å²) in [5.41, 5.74) is 11.0. The molecule has 8 rings (SSSR count). The normalized spacial score (nSPS) is 13.9. The fourth-order valence-corrected chi connectivity index (χ4v) is 7.18. The van der Waals surface area contributed by atoms with Crippen LogP contribution in [0.3, 0.4) is 0 Å². The summed E-state index contributed by atoms with van der Waals surface area (Å²) in [5.74, 6) is 2.34. The van der Waals surface area contributed by atoms with Crippen molar-refractivity contribution in [3.63, 3.8) is 0 Å². The summed E-state index contributed by atoms with van der Waals surface area (Å²) in [4.78, 5) is 33.3. The van der Waals surface area contributed by atoms with Gasteiger partial charge in [0.2, 0.25) is 35.7 Å². The number of aromatic nitrogens is 6. The van der Waals surface area contributed by atoms with Crippen LogP contribution in [0.1, 0.15) is 41.5 Å². The van der Waals surface area contributed by atoms with Crippen LogP contribution in [0.5, 0.6) is 5.75 Å². The highest BCUT2D eigenvalue weighted by molar-refractivity contribution is 6.32. The van der Waals surface area contributed by atoms with E-state index in [0.29, 0.717) is 82.2 Å². The minimum Gasteiger partial charge on any atom is -0.507 e. The number of halogens is 3. The molecule has 21 heteroatoms. The predicted molar refractivity (Wildman–Crippen MR) is 265 cm³/mol. The summed E-state index contributed by atoms with van der Waals surface area (Å²) in [6.07, 6.45) is 6.62. The van der Waals surface area contributed by atoms with Crippen LogP contribution in [0.25, 0.3) is 0 Å². The van der Waals surface area contributed by atoms with E-state index in [9.17, 15) is 10.2 Å². The van der Waals surface area contributed by atoms with Gasteiger partial charge in [0.25, 0.3) is 0 Å². The number of nitrogens with zero attached hydrogens (tertiary/aromatic N) is 11. The molecule has 0 saturated carbocycles. The van der Waals surface area contributed by atoms with Crippen molar-refractivity contribution in [1.29, 1.82) is 0 Å². The number of aryl methyl sites for hydroxylation is 1. The van der Waals surface area contributed by atoms with Gasteiger partial charge in [-0.25, -0.2) is 10.9 Å². The van der Waals surface area contributed by atoms with Gasteiger partial charge >= 0.3 is 0 Å². The van der Waals surface area contributed by atoms with E-state index in [1.807, 2.05) is 86.6 Å². The molecule has 0 atom stereocenters. The number of aliphatic hydroxyl groups is 1. The first kappa shape index (κ1) is 47.4. The highest BCUT2D eigenvalue weighted by Gasteiger charge is 2.19. The van der Waals surface area contributed by atoms with Gasteiger partial charge in [-0.15, -0.1) is 0 Å². The summed E-state index contributed by atoms with van der Waals surface area (Å²) in [7, 11) is 4.03. The van der Waals surface area contributed by atoms with Crippen LogP contribution in [-0.2, 0) is 11.3 Å². The maximum Gasteiger partial charge on any atom is 0.250 e. The van der Waals surface area contributed by atoms with Crippen molar-refractivity contribution in [2.45, 2.75) is 32.8 Å². The number of phenols is 1. The predicted octanol–water partition coefficient (Wildman–Crippen LogP) is 8.48. The van der Waals surface area contributed by atoms with E-state index >= 15 is 0 Å². The Bertz CT molecular complexity index is 2610. The average molecular weight is 955 g/mol. The van der Waals surface area contributed by atoms with Gasteiger partial charge in [0, 0.05) is 83.5 Å². The highest BCUT2D eigenvalue weighted by atomic mass is 35.5. The standard InChI is InChI=1S/C23H27ClN8.C22H23Cl2N7O3/c1-31(2)20-12-6-17(7-13-20)16-25-30-22-27-21(26-19-10-8-18(24)9-11-19)28-23(29-22)32-14-4-3-5-15-32;1-13-2-3-17(10-18(13)24)26-20-27-21(29-22(28-20)31-4-6-34-7-5-31)30-25-11-14-8-16(23)9-15(12-32)19(14)33/h6-13,16H,3-5,14-15H2,1-2H3,(H2,26,27,28,29,30);2-3,8-11,32-33H,4-7,12H2,1H3,(H2,26,27,28,29,30)/b25-16+;25-11+. The van der Waals surface area contributed by atoms with E-state index in [1.54, 1.807) is 12.3 Å². The summed E-state index contributed by atoms with van der Waals surface area (Å²) < 4.78 is 5.42. The molecule has 344 valence electrons. The number of aliphatic hydroxyl groups excluding tert-OH is 1. The SMILES string of the molecule is CN(C)c1ccc(/C=N/Nc2nc(Nc3ccc(Cl)cc3)nc(N3CCCCC3)n2)cc1.Cc1ccc(Nc2nc(N/N=C/c3cc(Cl)cc(CO)c3O)nc(N3CCOCC3)n2)cc1Cl. The molecule has 0 radical (unpaired) electrons. The number of rotatable bonds is 14. The molecule has 2 aromatic heterocycles. The van der Waals surface area contributed by atoms with Gasteiger partial charge in [-0.1, -0.05) is 53.0 Å². The van der Waals surface area contributed by atoms with Crippen molar-refractivity contribution >= 4 is 100.0 Å². The molecule has 2 fully saturated rings. The van der Waals surface area contributed by atoms with Crippen molar-refractivity contribution in [3.8, 4) is 5.75 Å². The molecule has 6 aromatic rings. The summed E-state index contributed by atoms with van der Waals surface area (Å²) in [6, 6.07) is 24.1. The molecule has 4 heterocycles. The summed E-state index contributed by atoms with van der Waals surface area (Å²) >= 11 is 18.3. The zero-order valence-corrected chi connectivity index (χ0v) is 38.9. The maximum absolute atomic E-state index is 10.3. The topological polar surface area (TPSA) is 210 Å². The van der Waals surface area contributed by atoms with E-state index in [-0.39, 0.29) is 18.3 Å². The molecule has 2 aliphatic rings. The van der Waals surface area contributed by atoms with Gasteiger partial charge in [0.15, 0.2) is 0 Å². The van der Waals surface area contributed by atoms with E-state index < -0.39 is 0 Å². The van der Waals surface area contributed by atoms with Crippen molar-refractivity contribution in [2.24, 2.45) is 10.2 Å². The molecule has 2 aliphatic heterocycles. The van der Waals surface area contributed by atoms with Crippen molar-refractivity contribution < 1.29 is 14.9 Å². The van der Waals surface area contributed by atoms with E-state index in [0.717, 1.165) is 54.1 Å². The van der Waals surface area contributed by atoms with Crippen LogP contribution in [0, 0.1) is 6.92 Å². The molecule has 0 spiro atoms. The third-order valence-electron chi connectivity index (χ3n) is 10.2. The molecule has 0 amide bonds. The molecular formula is C45H50Cl3N15O3. The monoisotopic (exact) mass is 953 g/mol. The second-order valence-corrected chi connectivity index (χ2v) is 16.6. The lowest BCUT2D eigenvalue weighted by molar-refractivity contribution is 0.122. The number of benzene rings is 4. The lowest BCUT2D eigenvalue weighted by atomic mass is 10.1. The smallest absolute Gasteiger partial charge is 0.250 e. The summed E-state index contributed by atoms with van der Waals surface area (Å²) in [6.45, 7) is 5.87. The molecule has 4 aromatic carbocycles. The number of hydrazone groups is 2. The molecule has 66 heavy (non-hydrogen) atoms. The fraction of sp³-hybridized carbons (Fsp3) is 0.289. The molecule has 18 nitrogen and oxygen atoms in total.